The number of rotatable bonds is 6. The highest BCUT2D eigenvalue weighted by Gasteiger charge is 2.50. The molecule has 0 radical (unpaired) electrons. The number of hydrogen-bond acceptors (Lipinski definition) is 4. The lowest BCUT2D eigenvalue weighted by molar-refractivity contribution is -0.188. The molecule has 9 heteroatoms. The maximum absolute atomic E-state index is 13.9. The highest BCUT2D eigenvalue weighted by atomic mass is 19.1. The van der Waals surface area contributed by atoms with E-state index in [1.54, 1.807) is 39.0 Å². The molecular formula is C30H34FN5O3. The van der Waals surface area contributed by atoms with Crippen LogP contribution >= 0.6 is 0 Å². The molecule has 2 fully saturated rings. The van der Waals surface area contributed by atoms with E-state index in [1.807, 2.05) is 56.3 Å². The number of hydrogen-bond donors (Lipinski definition) is 1. The molecule has 0 aliphatic carbocycles. The van der Waals surface area contributed by atoms with Crippen LogP contribution in [0, 0.1) is 11.7 Å². The van der Waals surface area contributed by atoms with Gasteiger partial charge >= 0.3 is 6.03 Å². The monoisotopic (exact) mass is 531 g/mol. The standard InChI is InChI=1S/C30H34FN5O3/c1-20(2)15-26-29(38)34(17-23-9-6-8-22-7-4-5-10-25(22)23)18-27-35(26)28(37)19-33(3)36(27)30(39)32-16-21-11-13-24(31)14-12-21/h4-14,20,26-27H,15-19H2,1-3H3,(H,32,39)/t26-,27-/m0/s1. The third-order valence-electron chi connectivity index (χ3n) is 7.44. The highest BCUT2D eigenvalue weighted by molar-refractivity contribution is 5.92. The van der Waals surface area contributed by atoms with Crippen molar-refractivity contribution in [1.29, 1.82) is 0 Å². The van der Waals surface area contributed by atoms with Gasteiger partial charge in [0.1, 0.15) is 18.0 Å². The Morgan fingerprint density at radius 1 is 1.03 bits per heavy atom. The second kappa shape index (κ2) is 11.0. The van der Waals surface area contributed by atoms with Gasteiger partial charge in [-0.3, -0.25) is 9.59 Å². The number of carbonyl (C=O) groups is 3. The Hall–Kier alpha value is -3.98. The van der Waals surface area contributed by atoms with Crippen molar-refractivity contribution in [2.24, 2.45) is 5.92 Å². The first-order valence-corrected chi connectivity index (χ1v) is 13.3. The quantitative estimate of drug-likeness (QED) is 0.523. The number of urea groups is 1. The van der Waals surface area contributed by atoms with Crippen LogP contribution in [0.5, 0.6) is 0 Å². The Morgan fingerprint density at radius 3 is 2.49 bits per heavy atom. The van der Waals surface area contributed by atoms with Crippen molar-refractivity contribution in [3.05, 3.63) is 83.7 Å². The van der Waals surface area contributed by atoms with E-state index in [4.69, 9.17) is 0 Å². The number of nitrogens with zero attached hydrogens (tertiary/aromatic N) is 4. The van der Waals surface area contributed by atoms with Crippen LogP contribution in [0.3, 0.4) is 0 Å². The summed E-state index contributed by atoms with van der Waals surface area (Å²) in [5, 5.41) is 8.22. The maximum Gasteiger partial charge on any atom is 0.334 e. The number of benzene rings is 3. The van der Waals surface area contributed by atoms with Gasteiger partial charge in [0.2, 0.25) is 11.8 Å². The number of nitrogens with one attached hydrogen (secondary N) is 1. The number of amides is 4. The van der Waals surface area contributed by atoms with Gasteiger partial charge in [0, 0.05) is 20.1 Å². The minimum Gasteiger partial charge on any atom is -0.333 e. The zero-order valence-electron chi connectivity index (χ0n) is 22.5. The second-order valence-corrected chi connectivity index (χ2v) is 10.7. The second-order valence-electron chi connectivity index (χ2n) is 10.7. The molecule has 3 aromatic rings. The average Bonchev–Trinajstić information content (AvgIpc) is 2.90. The lowest BCUT2D eigenvalue weighted by Crippen LogP contribution is -2.75. The van der Waals surface area contributed by atoms with E-state index >= 15 is 0 Å². The molecule has 39 heavy (non-hydrogen) atoms. The summed E-state index contributed by atoms with van der Waals surface area (Å²) in [6.45, 7) is 4.82. The summed E-state index contributed by atoms with van der Waals surface area (Å²) in [4.78, 5) is 44.1. The minimum absolute atomic E-state index is 0.00827. The fourth-order valence-electron chi connectivity index (χ4n) is 5.62. The molecule has 0 aromatic heterocycles. The molecule has 4 amide bonds. The minimum atomic E-state index is -0.660. The van der Waals surface area contributed by atoms with Gasteiger partial charge in [0.05, 0.1) is 13.1 Å². The average molecular weight is 532 g/mol. The fraction of sp³-hybridized carbons (Fsp3) is 0.367. The summed E-state index contributed by atoms with van der Waals surface area (Å²) in [6, 6.07) is 19.0. The van der Waals surface area contributed by atoms with Gasteiger partial charge in [-0.2, -0.15) is 0 Å². The third kappa shape index (κ3) is 5.45. The van der Waals surface area contributed by atoms with Crippen molar-refractivity contribution in [2.45, 2.75) is 45.6 Å². The Bertz CT molecular complexity index is 1370. The van der Waals surface area contributed by atoms with Gasteiger partial charge in [0.25, 0.3) is 0 Å². The first-order valence-electron chi connectivity index (χ1n) is 13.3. The van der Waals surface area contributed by atoms with Gasteiger partial charge in [0.15, 0.2) is 0 Å². The molecular weight excluding hydrogens is 497 g/mol. The number of hydrazine groups is 1. The van der Waals surface area contributed by atoms with Crippen LogP contribution in [-0.4, -0.2) is 70.0 Å². The van der Waals surface area contributed by atoms with E-state index in [2.05, 4.69) is 5.32 Å². The Kier molecular flexibility index (Phi) is 7.52. The van der Waals surface area contributed by atoms with Crippen molar-refractivity contribution < 1.29 is 18.8 Å². The molecule has 0 bridgehead atoms. The van der Waals surface area contributed by atoms with Crippen LogP contribution in [-0.2, 0) is 22.7 Å². The number of likely N-dealkylation sites (N-methyl/N-ethyl adjacent to an activating group) is 1. The molecule has 204 valence electrons. The van der Waals surface area contributed by atoms with Gasteiger partial charge in [-0.1, -0.05) is 68.4 Å². The fourth-order valence-corrected chi connectivity index (χ4v) is 5.62. The van der Waals surface area contributed by atoms with Gasteiger partial charge in [-0.25, -0.2) is 19.2 Å². The van der Waals surface area contributed by atoms with E-state index < -0.39 is 12.2 Å². The van der Waals surface area contributed by atoms with Crippen molar-refractivity contribution in [3.8, 4) is 0 Å². The van der Waals surface area contributed by atoms with Crippen molar-refractivity contribution in [2.75, 3.05) is 20.1 Å². The number of halogens is 1. The van der Waals surface area contributed by atoms with E-state index in [0.29, 0.717) is 13.0 Å². The number of piperazine rings is 1. The van der Waals surface area contributed by atoms with Gasteiger partial charge in [-0.05, 0) is 46.4 Å². The predicted octanol–water partition coefficient (Wildman–Crippen LogP) is 3.96. The molecule has 2 aliphatic rings. The zero-order chi connectivity index (χ0) is 27.7. The van der Waals surface area contributed by atoms with E-state index in [0.717, 1.165) is 21.9 Å². The van der Waals surface area contributed by atoms with Crippen LogP contribution in [0.15, 0.2) is 66.7 Å². The molecule has 0 unspecified atom stereocenters. The Labute approximate surface area is 227 Å². The first kappa shape index (κ1) is 26.6. The maximum atomic E-state index is 13.9. The molecule has 2 heterocycles. The summed E-state index contributed by atoms with van der Waals surface area (Å²) in [6.07, 6.45) is -0.150. The lowest BCUT2D eigenvalue weighted by atomic mass is 9.96. The summed E-state index contributed by atoms with van der Waals surface area (Å²) < 4.78 is 13.3. The summed E-state index contributed by atoms with van der Waals surface area (Å²) in [7, 11) is 1.70. The predicted molar refractivity (Wildman–Crippen MR) is 146 cm³/mol. The molecule has 2 saturated heterocycles. The molecule has 5 rings (SSSR count). The highest BCUT2D eigenvalue weighted by Crippen LogP contribution is 2.30. The largest absolute Gasteiger partial charge is 0.334 e. The normalized spacial score (nSPS) is 20.1. The molecule has 8 nitrogen and oxygen atoms in total. The van der Waals surface area contributed by atoms with Crippen molar-refractivity contribution in [1.82, 2.24) is 25.1 Å². The summed E-state index contributed by atoms with van der Waals surface area (Å²) in [5.74, 6) is -0.444. The number of fused-ring (bicyclic) bond motifs is 2. The topological polar surface area (TPSA) is 76.2 Å². The van der Waals surface area contributed by atoms with Gasteiger partial charge < -0.3 is 15.1 Å². The van der Waals surface area contributed by atoms with Crippen LogP contribution in [0.1, 0.15) is 31.4 Å². The van der Waals surface area contributed by atoms with Gasteiger partial charge in [-0.15, -0.1) is 0 Å². The van der Waals surface area contributed by atoms with Crippen LogP contribution < -0.4 is 5.32 Å². The van der Waals surface area contributed by atoms with E-state index in [9.17, 15) is 18.8 Å². The zero-order valence-corrected chi connectivity index (χ0v) is 22.5. The smallest absolute Gasteiger partial charge is 0.333 e. The van der Waals surface area contributed by atoms with Crippen molar-refractivity contribution >= 4 is 28.6 Å². The van der Waals surface area contributed by atoms with E-state index in [-0.39, 0.29) is 49.2 Å². The summed E-state index contributed by atoms with van der Waals surface area (Å²) >= 11 is 0. The van der Waals surface area contributed by atoms with Crippen LogP contribution in [0.4, 0.5) is 9.18 Å². The Balaban J connectivity index is 1.44. The molecule has 0 spiro atoms. The van der Waals surface area contributed by atoms with Crippen LogP contribution in [0.2, 0.25) is 0 Å². The van der Waals surface area contributed by atoms with Crippen molar-refractivity contribution in [3.63, 3.8) is 0 Å². The molecule has 0 saturated carbocycles. The Morgan fingerprint density at radius 2 is 1.74 bits per heavy atom. The summed E-state index contributed by atoms with van der Waals surface area (Å²) in [5.41, 5.74) is 1.77. The molecule has 2 aliphatic heterocycles. The molecule has 3 aromatic carbocycles. The number of carbonyl (C=O) groups excluding carboxylic acids is 3. The van der Waals surface area contributed by atoms with E-state index in [1.165, 1.54) is 12.1 Å². The SMILES string of the molecule is CC(C)C[C@H]1C(=O)N(Cc2cccc3ccccc23)C[C@H]2N1C(=O)CN(C)N2C(=O)NCc1ccc(F)cc1. The molecule has 1 N–H and O–H groups in total. The molecule has 2 atom stereocenters. The first-order chi connectivity index (χ1) is 18.7. The lowest BCUT2D eigenvalue weighted by Gasteiger charge is -2.54. The third-order valence-corrected chi connectivity index (χ3v) is 7.44. The van der Waals surface area contributed by atoms with Crippen LogP contribution in [0.25, 0.3) is 10.8 Å².